The zero-order valence-electron chi connectivity index (χ0n) is 10.8. The standard InChI is InChI=1S/C13H11Cl2N3O2/c1-7(2)10-11(14)16-13(17-12(10)15)8-3-5-9(6-4-8)18(19)20/h3-7H,1-2H3. The molecular weight excluding hydrogens is 301 g/mol. The molecule has 1 aromatic carbocycles. The van der Waals surface area contributed by atoms with Gasteiger partial charge in [-0.25, -0.2) is 9.97 Å². The van der Waals surface area contributed by atoms with Gasteiger partial charge in [-0.2, -0.15) is 0 Å². The third-order valence-electron chi connectivity index (χ3n) is 2.77. The number of nitrogens with zero attached hydrogens (tertiary/aromatic N) is 3. The molecule has 0 saturated heterocycles. The second-order valence-corrected chi connectivity index (χ2v) is 5.22. The molecule has 0 radical (unpaired) electrons. The number of nitro benzene ring substituents is 1. The second kappa shape index (κ2) is 5.73. The smallest absolute Gasteiger partial charge is 0.258 e. The molecule has 0 amide bonds. The first kappa shape index (κ1) is 14.7. The van der Waals surface area contributed by atoms with Crippen molar-refractivity contribution in [2.45, 2.75) is 19.8 Å². The highest BCUT2D eigenvalue weighted by Gasteiger charge is 2.16. The molecule has 104 valence electrons. The molecule has 0 aliphatic heterocycles. The molecule has 2 rings (SSSR count). The summed E-state index contributed by atoms with van der Waals surface area (Å²) in [5.41, 5.74) is 1.32. The summed E-state index contributed by atoms with van der Waals surface area (Å²) >= 11 is 12.2. The summed E-state index contributed by atoms with van der Waals surface area (Å²) < 4.78 is 0. The molecule has 7 heteroatoms. The van der Waals surface area contributed by atoms with Crippen LogP contribution in [0.2, 0.25) is 10.3 Å². The van der Waals surface area contributed by atoms with Gasteiger partial charge in [-0.3, -0.25) is 10.1 Å². The molecular formula is C13H11Cl2N3O2. The van der Waals surface area contributed by atoms with Gasteiger partial charge in [0, 0.05) is 23.3 Å². The lowest BCUT2D eigenvalue weighted by atomic mass is 10.1. The molecule has 0 aliphatic rings. The van der Waals surface area contributed by atoms with Crippen molar-refractivity contribution in [2.75, 3.05) is 0 Å². The predicted octanol–water partition coefficient (Wildman–Crippen LogP) is 4.48. The third kappa shape index (κ3) is 2.89. The molecule has 20 heavy (non-hydrogen) atoms. The molecule has 2 aromatic rings. The van der Waals surface area contributed by atoms with E-state index < -0.39 is 4.92 Å². The summed E-state index contributed by atoms with van der Waals surface area (Å²) in [5, 5.41) is 11.2. The summed E-state index contributed by atoms with van der Waals surface area (Å²) in [6, 6.07) is 5.90. The Bertz CT molecular complexity index is 634. The average molecular weight is 312 g/mol. The lowest BCUT2D eigenvalue weighted by Gasteiger charge is -2.10. The van der Waals surface area contributed by atoms with Crippen molar-refractivity contribution in [1.82, 2.24) is 9.97 Å². The van der Waals surface area contributed by atoms with Crippen molar-refractivity contribution >= 4 is 28.9 Å². The quantitative estimate of drug-likeness (QED) is 0.476. The van der Waals surface area contributed by atoms with Crippen LogP contribution in [0.15, 0.2) is 24.3 Å². The van der Waals surface area contributed by atoms with E-state index in [2.05, 4.69) is 9.97 Å². The maximum Gasteiger partial charge on any atom is 0.269 e. The number of nitro groups is 1. The summed E-state index contributed by atoms with van der Waals surface area (Å²) in [5.74, 6) is 0.459. The van der Waals surface area contributed by atoms with Crippen LogP contribution in [0.5, 0.6) is 0 Å². The molecule has 0 saturated carbocycles. The van der Waals surface area contributed by atoms with Crippen molar-refractivity contribution in [2.24, 2.45) is 0 Å². The Morgan fingerprint density at radius 2 is 1.60 bits per heavy atom. The number of hydrogen-bond donors (Lipinski definition) is 0. The first-order chi connectivity index (χ1) is 9.40. The topological polar surface area (TPSA) is 68.9 Å². The van der Waals surface area contributed by atoms with E-state index in [1.807, 2.05) is 13.8 Å². The largest absolute Gasteiger partial charge is 0.269 e. The van der Waals surface area contributed by atoms with Crippen LogP contribution in [0.25, 0.3) is 11.4 Å². The highest BCUT2D eigenvalue weighted by Crippen LogP contribution is 2.31. The first-order valence-corrected chi connectivity index (χ1v) is 6.63. The van der Waals surface area contributed by atoms with Crippen LogP contribution in [0, 0.1) is 10.1 Å². The summed E-state index contributed by atoms with van der Waals surface area (Å²) in [6.45, 7) is 3.89. The Kier molecular flexibility index (Phi) is 4.20. The number of benzene rings is 1. The molecule has 1 aromatic heterocycles. The monoisotopic (exact) mass is 311 g/mol. The lowest BCUT2D eigenvalue weighted by Crippen LogP contribution is -1.99. The fraction of sp³-hybridized carbons (Fsp3) is 0.231. The van der Waals surface area contributed by atoms with E-state index in [0.29, 0.717) is 27.3 Å². The van der Waals surface area contributed by atoms with Gasteiger partial charge in [0.1, 0.15) is 10.3 Å². The fourth-order valence-electron chi connectivity index (χ4n) is 1.75. The first-order valence-electron chi connectivity index (χ1n) is 5.88. The van der Waals surface area contributed by atoms with Crippen molar-refractivity contribution < 1.29 is 4.92 Å². The zero-order valence-corrected chi connectivity index (χ0v) is 12.3. The molecule has 5 nitrogen and oxygen atoms in total. The molecule has 0 bridgehead atoms. The van der Waals surface area contributed by atoms with Gasteiger partial charge >= 0.3 is 0 Å². The van der Waals surface area contributed by atoms with Crippen molar-refractivity contribution in [3.05, 3.63) is 50.2 Å². The van der Waals surface area contributed by atoms with Gasteiger partial charge < -0.3 is 0 Å². The van der Waals surface area contributed by atoms with Crippen LogP contribution < -0.4 is 0 Å². The Morgan fingerprint density at radius 3 is 2.00 bits per heavy atom. The van der Waals surface area contributed by atoms with E-state index >= 15 is 0 Å². The Labute approximate surface area is 125 Å². The highest BCUT2D eigenvalue weighted by atomic mass is 35.5. The summed E-state index contributed by atoms with van der Waals surface area (Å²) in [7, 11) is 0. The summed E-state index contributed by atoms with van der Waals surface area (Å²) in [6.07, 6.45) is 0. The van der Waals surface area contributed by atoms with Crippen LogP contribution in [0.1, 0.15) is 25.3 Å². The zero-order chi connectivity index (χ0) is 14.9. The molecule has 0 spiro atoms. The minimum atomic E-state index is -0.466. The maximum absolute atomic E-state index is 10.6. The van der Waals surface area contributed by atoms with Gasteiger partial charge in [-0.1, -0.05) is 37.0 Å². The van der Waals surface area contributed by atoms with Crippen molar-refractivity contribution in [1.29, 1.82) is 0 Å². The normalized spacial score (nSPS) is 10.8. The van der Waals surface area contributed by atoms with E-state index in [9.17, 15) is 10.1 Å². The second-order valence-electron chi connectivity index (χ2n) is 4.50. The molecule has 0 unspecified atom stereocenters. The van der Waals surface area contributed by atoms with Crippen molar-refractivity contribution in [3.63, 3.8) is 0 Å². The van der Waals surface area contributed by atoms with Crippen LogP contribution in [-0.2, 0) is 0 Å². The van der Waals surface area contributed by atoms with E-state index in [1.165, 1.54) is 12.1 Å². The Balaban J connectivity index is 2.46. The SMILES string of the molecule is CC(C)c1c(Cl)nc(-c2ccc([N+](=O)[O-])cc2)nc1Cl. The summed E-state index contributed by atoms with van der Waals surface area (Å²) in [4.78, 5) is 18.5. The highest BCUT2D eigenvalue weighted by molar-refractivity contribution is 6.34. The van der Waals surface area contributed by atoms with E-state index in [0.717, 1.165) is 0 Å². The molecule has 0 aliphatic carbocycles. The Hall–Kier alpha value is -1.72. The Morgan fingerprint density at radius 1 is 1.10 bits per heavy atom. The fourth-order valence-corrected chi connectivity index (χ4v) is 2.58. The molecule has 0 fully saturated rings. The molecule has 1 heterocycles. The lowest BCUT2D eigenvalue weighted by molar-refractivity contribution is -0.384. The van der Waals surface area contributed by atoms with E-state index in [-0.39, 0.29) is 11.6 Å². The van der Waals surface area contributed by atoms with Crippen LogP contribution >= 0.6 is 23.2 Å². The van der Waals surface area contributed by atoms with Gasteiger partial charge in [-0.05, 0) is 18.1 Å². The van der Waals surface area contributed by atoms with Gasteiger partial charge in [0.05, 0.1) is 4.92 Å². The number of halogens is 2. The maximum atomic E-state index is 10.6. The van der Waals surface area contributed by atoms with E-state index in [4.69, 9.17) is 23.2 Å². The van der Waals surface area contributed by atoms with Crippen LogP contribution in [0.4, 0.5) is 5.69 Å². The molecule has 0 N–H and O–H groups in total. The predicted molar refractivity (Wildman–Crippen MR) is 78.2 cm³/mol. The van der Waals surface area contributed by atoms with Gasteiger partial charge in [0.2, 0.25) is 0 Å². The number of aromatic nitrogens is 2. The van der Waals surface area contributed by atoms with Gasteiger partial charge in [0.15, 0.2) is 5.82 Å². The average Bonchev–Trinajstić information content (AvgIpc) is 2.37. The van der Waals surface area contributed by atoms with Crippen LogP contribution in [0.3, 0.4) is 0 Å². The minimum absolute atomic E-state index is 0.00439. The van der Waals surface area contributed by atoms with Gasteiger partial charge in [0.25, 0.3) is 5.69 Å². The number of hydrogen-bond acceptors (Lipinski definition) is 4. The minimum Gasteiger partial charge on any atom is -0.258 e. The third-order valence-corrected chi connectivity index (χ3v) is 3.34. The number of non-ortho nitro benzene ring substituents is 1. The number of rotatable bonds is 3. The van der Waals surface area contributed by atoms with Gasteiger partial charge in [-0.15, -0.1) is 0 Å². The van der Waals surface area contributed by atoms with E-state index in [1.54, 1.807) is 12.1 Å². The van der Waals surface area contributed by atoms with Crippen molar-refractivity contribution in [3.8, 4) is 11.4 Å². The molecule has 0 atom stereocenters. The van der Waals surface area contributed by atoms with Crippen LogP contribution in [-0.4, -0.2) is 14.9 Å².